The van der Waals surface area contributed by atoms with Crippen molar-refractivity contribution in [2.75, 3.05) is 36.0 Å². The molecule has 29 heavy (non-hydrogen) atoms. The molecule has 1 heterocycles. The lowest BCUT2D eigenvalue weighted by atomic mass is 9.97. The number of anilines is 2. The Morgan fingerprint density at radius 3 is 2.69 bits per heavy atom. The molecule has 0 aromatic heterocycles. The van der Waals surface area contributed by atoms with E-state index in [1.165, 1.54) is 30.5 Å². The summed E-state index contributed by atoms with van der Waals surface area (Å²) in [6.45, 7) is 9.39. The van der Waals surface area contributed by atoms with Crippen LogP contribution >= 0.6 is 0 Å². The minimum atomic E-state index is -0.260. The Bertz CT molecular complexity index is 767. The van der Waals surface area contributed by atoms with Crippen molar-refractivity contribution < 1.29 is 9.59 Å². The third-order valence-electron chi connectivity index (χ3n) is 6.23. The highest BCUT2D eigenvalue weighted by molar-refractivity contribution is 6.01. The zero-order valence-corrected chi connectivity index (χ0v) is 18.2. The van der Waals surface area contributed by atoms with E-state index in [2.05, 4.69) is 42.3 Å². The molecule has 1 aromatic rings. The van der Waals surface area contributed by atoms with Gasteiger partial charge in [-0.25, -0.2) is 0 Å². The molecule has 1 aliphatic carbocycles. The fourth-order valence-corrected chi connectivity index (χ4v) is 4.47. The Kier molecular flexibility index (Phi) is 7.34. The lowest BCUT2D eigenvalue weighted by molar-refractivity contribution is -0.126. The van der Waals surface area contributed by atoms with Gasteiger partial charge in [-0.05, 0) is 76.6 Å². The first kappa shape index (κ1) is 21.4. The lowest BCUT2D eigenvalue weighted by Gasteiger charge is -2.24. The molecule has 0 saturated carbocycles. The highest BCUT2D eigenvalue weighted by Gasteiger charge is 2.35. The predicted molar refractivity (Wildman–Crippen MR) is 119 cm³/mol. The number of nitrogens with zero attached hydrogens (tertiary/aromatic N) is 2. The maximum atomic E-state index is 12.6. The molecule has 0 radical (unpaired) electrons. The molecule has 2 aliphatic rings. The molecule has 158 valence electrons. The normalized spacial score (nSPS) is 19.3. The average molecular weight is 398 g/mol. The van der Waals surface area contributed by atoms with Crippen molar-refractivity contribution in [3.8, 4) is 0 Å². The number of hydrogen-bond acceptors (Lipinski definition) is 3. The van der Waals surface area contributed by atoms with Crippen LogP contribution in [0.5, 0.6) is 0 Å². The Hall–Kier alpha value is -2.30. The van der Waals surface area contributed by atoms with Gasteiger partial charge in [0.15, 0.2) is 0 Å². The van der Waals surface area contributed by atoms with Crippen LogP contribution in [-0.2, 0) is 9.59 Å². The second-order valence-electron chi connectivity index (χ2n) is 8.20. The van der Waals surface area contributed by atoms with Gasteiger partial charge >= 0.3 is 0 Å². The smallest absolute Gasteiger partial charge is 0.227 e. The van der Waals surface area contributed by atoms with Gasteiger partial charge in [-0.3, -0.25) is 9.59 Å². The van der Waals surface area contributed by atoms with E-state index < -0.39 is 0 Å². The molecule has 2 amide bonds. The predicted octanol–water partition coefficient (Wildman–Crippen LogP) is 4.20. The van der Waals surface area contributed by atoms with E-state index in [4.69, 9.17) is 0 Å². The standard InChI is InChI=1S/C24H35N3O2/c1-4-26(5-2)21-11-12-22(18(3)15-21)27-17-20(16-23(27)28)24(29)25-14-13-19-9-7-6-8-10-19/h9,11-12,15,20H,4-8,10,13-14,16-17H2,1-3H3,(H,25,29). The molecule has 0 bridgehead atoms. The maximum absolute atomic E-state index is 12.6. The summed E-state index contributed by atoms with van der Waals surface area (Å²) in [5, 5.41) is 3.05. The number of aryl methyl sites for hydroxylation is 1. The molecule has 1 saturated heterocycles. The van der Waals surface area contributed by atoms with Gasteiger partial charge in [0.25, 0.3) is 0 Å². The molecule has 1 unspecified atom stereocenters. The Balaban J connectivity index is 1.58. The Morgan fingerprint density at radius 2 is 2.03 bits per heavy atom. The van der Waals surface area contributed by atoms with E-state index in [0.29, 0.717) is 19.5 Å². The lowest BCUT2D eigenvalue weighted by Crippen LogP contribution is -2.33. The third-order valence-corrected chi connectivity index (χ3v) is 6.23. The molecular formula is C24H35N3O2. The van der Waals surface area contributed by atoms with Crippen molar-refractivity contribution in [3.63, 3.8) is 0 Å². The minimum absolute atomic E-state index is 0.00896. The SMILES string of the molecule is CCN(CC)c1ccc(N2CC(C(=O)NCCC3=CCCCC3)CC2=O)c(C)c1. The summed E-state index contributed by atoms with van der Waals surface area (Å²) in [5.41, 5.74) is 4.64. The highest BCUT2D eigenvalue weighted by Crippen LogP contribution is 2.31. The summed E-state index contributed by atoms with van der Waals surface area (Å²) >= 11 is 0. The molecular weight excluding hydrogens is 362 g/mol. The third kappa shape index (κ3) is 5.20. The van der Waals surface area contributed by atoms with Crippen LogP contribution in [0.2, 0.25) is 0 Å². The number of nitrogens with one attached hydrogen (secondary N) is 1. The van der Waals surface area contributed by atoms with Crippen molar-refractivity contribution in [2.24, 2.45) is 5.92 Å². The first-order chi connectivity index (χ1) is 14.0. The van der Waals surface area contributed by atoms with Crippen LogP contribution in [0.1, 0.15) is 57.9 Å². The number of hydrogen-bond donors (Lipinski definition) is 1. The molecule has 5 nitrogen and oxygen atoms in total. The van der Waals surface area contributed by atoms with E-state index in [-0.39, 0.29) is 17.7 Å². The molecule has 5 heteroatoms. The van der Waals surface area contributed by atoms with E-state index in [9.17, 15) is 9.59 Å². The molecule has 3 rings (SSSR count). The first-order valence-corrected chi connectivity index (χ1v) is 11.1. The van der Waals surface area contributed by atoms with Crippen LogP contribution in [0.3, 0.4) is 0 Å². The van der Waals surface area contributed by atoms with Crippen LogP contribution in [0.4, 0.5) is 11.4 Å². The van der Waals surface area contributed by atoms with E-state index in [1.807, 2.05) is 13.0 Å². The fourth-order valence-electron chi connectivity index (χ4n) is 4.47. The van der Waals surface area contributed by atoms with Crippen molar-refractivity contribution >= 4 is 23.2 Å². The second kappa shape index (κ2) is 9.95. The van der Waals surface area contributed by atoms with Crippen molar-refractivity contribution in [2.45, 2.75) is 59.3 Å². The molecule has 1 atom stereocenters. The zero-order chi connectivity index (χ0) is 20.8. The van der Waals surface area contributed by atoms with Crippen LogP contribution in [0.15, 0.2) is 29.8 Å². The van der Waals surface area contributed by atoms with Crippen LogP contribution in [0.25, 0.3) is 0 Å². The van der Waals surface area contributed by atoms with Gasteiger partial charge in [0.2, 0.25) is 11.8 Å². The Morgan fingerprint density at radius 1 is 1.24 bits per heavy atom. The van der Waals surface area contributed by atoms with Gasteiger partial charge in [0, 0.05) is 44.0 Å². The summed E-state index contributed by atoms with van der Waals surface area (Å²) in [5.74, 6) is -0.210. The summed E-state index contributed by atoms with van der Waals surface area (Å²) < 4.78 is 0. The Labute approximate surface area is 175 Å². The average Bonchev–Trinajstić information content (AvgIpc) is 3.11. The van der Waals surface area contributed by atoms with Gasteiger partial charge in [-0.2, -0.15) is 0 Å². The molecule has 1 aliphatic heterocycles. The molecule has 1 fully saturated rings. The number of rotatable bonds is 8. The topological polar surface area (TPSA) is 52.6 Å². The fraction of sp³-hybridized carbons (Fsp3) is 0.583. The number of allylic oxidation sites excluding steroid dienone is 1. The van der Waals surface area contributed by atoms with Gasteiger partial charge in [0.1, 0.15) is 0 Å². The number of carbonyl (C=O) groups is 2. The number of benzene rings is 1. The zero-order valence-electron chi connectivity index (χ0n) is 18.2. The summed E-state index contributed by atoms with van der Waals surface area (Å²) in [7, 11) is 0. The molecule has 1 aromatic carbocycles. The van der Waals surface area contributed by atoms with E-state index in [0.717, 1.165) is 37.2 Å². The monoisotopic (exact) mass is 397 g/mol. The van der Waals surface area contributed by atoms with E-state index >= 15 is 0 Å². The second-order valence-corrected chi connectivity index (χ2v) is 8.20. The number of carbonyl (C=O) groups excluding carboxylic acids is 2. The largest absolute Gasteiger partial charge is 0.372 e. The molecule has 1 N–H and O–H groups in total. The highest BCUT2D eigenvalue weighted by atomic mass is 16.2. The minimum Gasteiger partial charge on any atom is -0.372 e. The van der Waals surface area contributed by atoms with E-state index in [1.54, 1.807) is 4.90 Å². The number of amides is 2. The maximum Gasteiger partial charge on any atom is 0.227 e. The van der Waals surface area contributed by atoms with Crippen LogP contribution in [0, 0.1) is 12.8 Å². The van der Waals surface area contributed by atoms with Gasteiger partial charge in [0.05, 0.1) is 5.92 Å². The van der Waals surface area contributed by atoms with Crippen LogP contribution < -0.4 is 15.1 Å². The quantitative estimate of drug-likeness (QED) is 0.669. The first-order valence-electron chi connectivity index (χ1n) is 11.1. The summed E-state index contributed by atoms with van der Waals surface area (Å²) in [4.78, 5) is 29.3. The summed E-state index contributed by atoms with van der Waals surface area (Å²) in [6, 6.07) is 6.24. The van der Waals surface area contributed by atoms with Crippen LogP contribution in [-0.4, -0.2) is 38.0 Å². The van der Waals surface area contributed by atoms with Gasteiger partial charge in [-0.1, -0.05) is 11.6 Å². The van der Waals surface area contributed by atoms with Crippen molar-refractivity contribution in [1.82, 2.24) is 5.32 Å². The van der Waals surface area contributed by atoms with Gasteiger partial charge in [-0.15, -0.1) is 0 Å². The summed E-state index contributed by atoms with van der Waals surface area (Å²) in [6.07, 6.45) is 8.43. The van der Waals surface area contributed by atoms with Crippen molar-refractivity contribution in [1.29, 1.82) is 0 Å². The van der Waals surface area contributed by atoms with Gasteiger partial charge < -0.3 is 15.1 Å². The van der Waals surface area contributed by atoms with Crippen molar-refractivity contribution in [3.05, 3.63) is 35.4 Å². The molecule has 0 spiro atoms.